The second-order valence-electron chi connectivity index (χ2n) is 4.60. The zero-order valence-electron chi connectivity index (χ0n) is 9.92. The summed E-state index contributed by atoms with van der Waals surface area (Å²) in [4.78, 5) is 0. The molecule has 2 aromatic rings. The van der Waals surface area contributed by atoms with Gasteiger partial charge in [-0.1, -0.05) is 68.6 Å². The van der Waals surface area contributed by atoms with E-state index in [1.54, 1.807) is 10.9 Å². The molecule has 1 heterocycles. The number of hydrogen-bond acceptors (Lipinski definition) is 0. The maximum absolute atomic E-state index is 2.31. The average Bonchev–Trinajstić information content (AvgIpc) is 2.90. The molecule has 3 rings (SSSR count). The van der Waals surface area contributed by atoms with Crippen molar-refractivity contribution in [3.63, 3.8) is 0 Å². The van der Waals surface area contributed by atoms with E-state index in [9.17, 15) is 0 Å². The first kappa shape index (κ1) is 11.0. The summed E-state index contributed by atoms with van der Waals surface area (Å²) in [5.41, 5.74) is 2.33. The zero-order chi connectivity index (χ0) is 11.5. The lowest BCUT2D eigenvalue weighted by atomic mass is 10.1. The molecule has 0 amide bonds. The highest BCUT2D eigenvalue weighted by molar-refractivity contribution is 7.66. The first-order valence-electron chi connectivity index (χ1n) is 6.32. The van der Waals surface area contributed by atoms with Crippen molar-refractivity contribution >= 4 is 13.2 Å². The number of hydrogen-bond donors (Lipinski definition) is 0. The summed E-state index contributed by atoms with van der Waals surface area (Å²) in [6.07, 6.45) is 4.16. The lowest BCUT2D eigenvalue weighted by Crippen LogP contribution is -2.04. The van der Waals surface area contributed by atoms with Crippen molar-refractivity contribution in [3.8, 4) is 0 Å². The Labute approximate surface area is 104 Å². The number of rotatable bonds is 2. The van der Waals surface area contributed by atoms with Gasteiger partial charge in [0.1, 0.15) is 0 Å². The smallest absolute Gasteiger partial charge is 0.00820 e. The van der Waals surface area contributed by atoms with Gasteiger partial charge in [0.05, 0.1) is 0 Å². The van der Waals surface area contributed by atoms with Crippen LogP contribution in [0.15, 0.2) is 60.7 Å². The van der Waals surface area contributed by atoms with Crippen LogP contribution in [0.25, 0.3) is 0 Å². The maximum Gasteiger partial charge on any atom is 0.00820 e. The fourth-order valence-electron chi connectivity index (χ4n) is 2.72. The maximum atomic E-state index is 2.31. The molecule has 1 fully saturated rings. The van der Waals surface area contributed by atoms with Crippen LogP contribution in [0, 0.1) is 0 Å². The number of benzene rings is 2. The molecule has 1 saturated heterocycles. The standard InChI is InChI=1S/C16H17P/c1-3-8-14(9-4-1)16-12-7-13-17(16)15-10-5-2-6-11-15/h1-6,8-11,16H,7,12-13H2. The lowest BCUT2D eigenvalue weighted by molar-refractivity contribution is 0.827. The Morgan fingerprint density at radius 2 is 1.47 bits per heavy atom. The van der Waals surface area contributed by atoms with Crippen molar-refractivity contribution in [2.24, 2.45) is 0 Å². The van der Waals surface area contributed by atoms with Gasteiger partial charge in [-0.05, 0) is 29.9 Å². The van der Waals surface area contributed by atoms with Crippen LogP contribution in [0.1, 0.15) is 24.1 Å². The first-order valence-corrected chi connectivity index (χ1v) is 7.91. The van der Waals surface area contributed by atoms with Gasteiger partial charge in [0, 0.05) is 5.66 Å². The second-order valence-corrected chi connectivity index (χ2v) is 7.12. The van der Waals surface area contributed by atoms with E-state index in [1.807, 2.05) is 0 Å². The third kappa shape index (κ3) is 2.28. The Morgan fingerprint density at radius 1 is 0.824 bits per heavy atom. The monoisotopic (exact) mass is 240 g/mol. The van der Waals surface area contributed by atoms with Crippen LogP contribution in [-0.4, -0.2) is 6.16 Å². The van der Waals surface area contributed by atoms with Crippen molar-refractivity contribution in [3.05, 3.63) is 66.2 Å². The molecule has 17 heavy (non-hydrogen) atoms. The summed E-state index contributed by atoms with van der Waals surface area (Å²) in [7, 11) is 0.0201. The van der Waals surface area contributed by atoms with Gasteiger partial charge in [-0.2, -0.15) is 0 Å². The van der Waals surface area contributed by atoms with Gasteiger partial charge in [0.2, 0.25) is 0 Å². The zero-order valence-corrected chi connectivity index (χ0v) is 10.8. The van der Waals surface area contributed by atoms with E-state index in [0.29, 0.717) is 0 Å². The third-order valence-corrected chi connectivity index (χ3v) is 6.59. The van der Waals surface area contributed by atoms with Crippen LogP contribution in [-0.2, 0) is 0 Å². The van der Waals surface area contributed by atoms with Crippen LogP contribution in [0.4, 0.5) is 0 Å². The van der Waals surface area contributed by atoms with Crippen molar-refractivity contribution in [2.45, 2.75) is 18.5 Å². The molecular weight excluding hydrogens is 223 g/mol. The van der Waals surface area contributed by atoms with Crippen molar-refractivity contribution in [1.82, 2.24) is 0 Å². The molecule has 86 valence electrons. The van der Waals surface area contributed by atoms with Crippen LogP contribution in [0.2, 0.25) is 0 Å². The quantitative estimate of drug-likeness (QED) is 0.685. The van der Waals surface area contributed by atoms with Gasteiger partial charge in [0.25, 0.3) is 0 Å². The molecule has 0 N–H and O–H groups in total. The predicted molar refractivity (Wildman–Crippen MR) is 76.3 cm³/mol. The van der Waals surface area contributed by atoms with Gasteiger partial charge in [-0.3, -0.25) is 0 Å². The van der Waals surface area contributed by atoms with E-state index in [-0.39, 0.29) is 7.92 Å². The summed E-state index contributed by atoms with van der Waals surface area (Å²) in [5.74, 6) is 0. The predicted octanol–water partition coefficient (Wildman–Crippen LogP) is 4.33. The molecule has 0 saturated carbocycles. The minimum absolute atomic E-state index is 0.0201. The Kier molecular flexibility index (Phi) is 3.25. The van der Waals surface area contributed by atoms with Crippen LogP contribution < -0.4 is 5.30 Å². The van der Waals surface area contributed by atoms with Crippen molar-refractivity contribution in [2.75, 3.05) is 6.16 Å². The molecule has 2 unspecified atom stereocenters. The first-order chi connectivity index (χ1) is 8.45. The highest BCUT2D eigenvalue weighted by Gasteiger charge is 2.28. The van der Waals surface area contributed by atoms with Crippen molar-refractivity contribution in [1.29, 1.82) is 0 Å². The molecule has 1 aliphatic heterocycles. The molecule has 0 aliphatic carbocycles. The van der Waals surface area contributed by atoms with Crippen molar-refractivity contribution < 1.29 is 0 Å². The highest BCUT2D eigenvalue weighted by atomic mass is 31.1. The Balaban J connectivity index is 1.91. The molecule has 1 aliphatic rings. The molecular formula is C16H17P. The largest absolute Gasteiger partial charge is 0.0677 e. The molecule has 0 bridgehead atoms. The summed E-state index contributed by atoms with van der Waals surface area (Å²) >= 11 is 0. The van der Waals surface area contributed by atoms with E-state index in [4.69, 9.17) is 0 Å². The van der Waals surface area contributed by atoms with E-state index in [2.05, 4.69) is 60.7 Å². The summed E-state index contributed by atoms with van der Waals surface area (Å²) < 4.78 is 0. The van der Waals surface area contributed by atoms with Gasteiger partial charge < -0.3 is 0 Å². The minimum Gasteiger partial charge on any atom is -0.0677 e. The third-order valence-electron chi connectivity index (χ3n) is 3.52. The topological polar surface area (TPSA) is 0 Å². The van der Waals surface area contributed by atoms with E-state index < -0.39 is 0 Å². The van der Waals surface area contributed by atoms with Gasteiger partial charge in [0.15, 0.2) is 0 Å². The molecule has 0 radical (unpaired) electrons. The highest BCUT2D eigenvalue weighted by Crippen LogP contribution is 2.58. The molecule has 2 aromatic carbocycles. The Bertz CT molecular complexity index is 418. The second kappa shape index (κ2) is 5.02. The molecule has 1 heteroatoms. The molecule has 0 aromatic heterocycles. The van der Waals surface area contributed by atoms with Crippen LogP contribution in [0.3, 0.4) is 0 Å². The van der Waals surface area contributed by atoms with Gasteiger partial charge in [-0.15, -0.1) is 0 Å². The summed E-state index contributed by atoms with van der Waals surface area (Å²) in [6, 6.07) is 22.2. The summed E-state index contributed by atoms with van der Waals surface area (Å²) in [5, 5.41) is 1.58. The fourth-order valence-corrected chi connectivity index (χ4v) is 5.75. The fraction of sp³-hybridized carbons (Fsp3) is 0.250. The average molecular weight is 240 g/mol. The molecule has 0 spiro atoms. The van der Waals surface area contributed by atoms with E-state index in [0.717, 1.165) is 5.66 Å². The lowest BCUT2D eigenvalue weighted by Gasteiger charge is -2.21. The Hall–Kier alpha value is -1.13. The normalized spacial score (nSPS) is 23.8. The van der Waals surface area contributed by atoms with Crippen LogP contribution in [0.5, 0.6) is 0 Å². The summed E-state index contributed by atoms with van der Waals surface area (Å²) in [6.45, 7) is 0. The van der Waals surface area contributed by atoms with Gasteiger partial charge >= 0.3 is 0 Å². The van der Waals surface area contributed by atoms with E-state index in [1.165, 1.54) is 19.0 Å². The molecule has 2 atom stereocenters. The Morgan fingerprint density at radius 3 is 2.18 bits per heavy atom. The molecule has 0 nitrogen and oxygen atoms in total. The van der Waals surface area contributed by atoms with Crippen LogP contribution >= 0.6 is 7.92 Å². The van der Waals surface area contributed by atoms with E-state index >= 15 is 0 Å². The SMILES string of the molecule is c1ccc(C2CCCP2c2ccccc2)cc1. The van der Waals surface area contributed by atoms with Gasteiger partial charge in [-0.25, -0.2) is 0 Å². The minimum atomic E-state index is 0.0201.